The number of hydrogen-bond acceptors (Lipinski definition) is 4. The summed E-state index contributed by atoms with van der Waals surface area (Å²) in [7, 11) is 0. The second-order valence-corrected chi connectivity index (χ2v) is 7.27. The number of pyridine rings is 1. The Morgan fingerprint density at radius 3 is 2.73 bits per heavy atom. The van der Waals surface area contributed by atoms with Crippen LogP contribution in [0.25, 0.3) is 11.0 Å². The van der Waals surface area contributed by atoms with Crippen molar-refractivity contribution in [2.24, 2.45) is 5.92 Å². The van der Waals surface area contributed by atoms with Gasteiger partial charge < -0.3 is 20.0 Å². The van der Waals surface area contributed by atoms with E-state index in [-0.39, 0.29) is 30.3 Å². The van der Waals surface area contributed by atoms with Crippen LogP contribution in [0.3, 0.4) is 0 Å². The minimum absolute atomic E-state index is 0.0118. The number of carbonyl (C=O) groups excluding carboxylic acids is 1. The average Bonchev–Trinajstić information content (AvgIpc) is 3.43. The average molecular weight is 420 g/mol. The van der Waals surface area contributed by atoms with E-state index in [9.17, 15) is 22.8 Å². The van der Waals surface area contributed by atoms with Crippen LogP contribution in [0.15, 0.2) is 35.1 Å². The quantitative estimate of drug-likeness (QED) is 0.543. The van der Waals surface area contributed by atoms with Crippen molar-refractivity contribution in [3.8, 4) is 5.88 Å². The molecule has 1 aliphatic rings. The van der Waals surface area contributed by atoms with Crippen LogP contribution < -0.4 is 15.7 Å². The molecule has 10 heteroatoms. The lowest BCUT2D eigenvalue weighted by Crippen LogP contribution is -2.15. The van der Waals surface area contributed by atoms with Gasteiger partial charge in [0.1, 0.15) is 5.69 Å². The van der Waals surface area contributed by atoms with Crippen LogP contribution in [0.4, 0.5) is 18.9 Å². The Morgan fingerprint density at radius 2 is 2.00 bits per heavy atom. The third-order valence-corrected chi connectivity index (χ3v) is 4.83. The number of halogens is 3. The second kappa shape index (κ2) is 7.85. The van der Waals surface area contributed by atoms with Crippen LogP contribution in [0.5, 0.6) is 5.88 Å². The summed E-state index contributed by atoms with van der Waals surface area (Å²) in [6.07, 6.45) is -2.42. The van der Waals surface area contributed by atoms with Crippen LogP contribution in [0.2, 0.25) is 0 Å². The van der Waals surface area contributed by atoms with Crippen molar-refractivity contribution in [2.75, 3.05) is 11.9 Å². The van der Waals surface area contributed by atoms with Gasteiger partial charge in [-0.15, -0.1) is 0 Å². The molecule has 3 N–H and O–H groups in total. The van der Waals surface area contributed by atoms with Gasteiger partial charge in [0.15, 0.2) is 0 Å². The predicted octanol–water partition coefficient (Wildman–Crippen LogP) is 3.63. The van der Waals surface area contributed by atoms with Crippen LogP contribution in [0, 0.1) is 5.92 Å². The molecule has 0 saturated heterocycles. The van der Waals surface area contributed by atoms with Crippen molar-refractivity contribution >= 4 is 22.6 Å². The lowest BCUT2D eigenvalue weighted by atomic mass is 10.1. The number of ether oxygens (including phenoxy) is 1. The molecule has 2 heterocycles. The molecule has 158 valence electrons. The number of hydrogen-bond donors (Lipinski definition) is 3. The topological polar surface area (TPSA) is 99.9 Å². The Balaban J connectivity index is 1.46. The van der Waals surface area contributed by atoms with Crippen LogP contribution in [-0.2, 0) is 17.4 Å². The molecule has 1 saturated carbocycles. The van der Waals surface area contributed by atoms with Crippen molar-refractivity contribution in [1.82, 2.24) is 15.0 Å². The summed E-state index contributed by atoms with van der Waals surface area (Å²) in [5.41, 5.74) is 0.490. The number of carbonyl (C=O) groups is 1. The number of benzene rings is 1. The van der Waals surface area contributed by atoms with E-state index in [1.54, 1.807) is 18.2 Å². The zero-order valence-corrected chi connectivity index (χ0v) is 15.8. The summed E-state index contributed by atoms with van der Waals surface area (Å²) in [5.74, 6) is -0.0827. The normalized spacial score (nSPS) is 14.1. The Labute approximate surface area is 168 Å². The maximum absolute atomic E-state index is 13.0. The zero-order chi connectivity index (χ0) is 21.3. The van der Waals surface area contributed by atoms with E-state index in [1.807, 2.05) is 0 Å². The standard InChI is InChI=1S/C20H19F3N4O3/c21-20(22,23)15-8-6-12(18(26-15)30-10-11-4-5-11)7-9-16(28)24-13-2-1-3-14-17(13)27-19(29)25-14/h1-3,6,8,11H,4-5,7,9-10H2,(H,24,28)(H2,25,27,29). The van der Waals surface area contributed by atoms with Gasteiger partial charge in [0.2, 0.25) is 11.8 Å². The number of aromatic amines is 2. The maximum atomic E-state index is 13.0. The summed E-state index contributed by atoms with van der Waals surface area (Å²) in [5, 5.41) is 2.71. The number of imidazole rings is 1. The molecule has 30 heavy (non-hydrogen) atoms. The Bertz CT molecular complexity index is 1130. The van der Waals surface area contributed by atoms with Gasteiger partial charge in [-0.05, 0) is 43.4 Å². The van der Waals surface area contributed by atoms with E-state index in [0.29, 0.717) is 34.8 Å². The number of aryl methyl sites for hydroxylation is 1. The van der Waals surface area contributed by atoms with Crippen LogP contribution in [-0.4, -0.2) is 27.5 Å². The third-order valence-electron chi connectivity index (χ3n) is 4.83. The lowest BCUT2D eigenvalue weighted by Gasteiger charge is -2.13. The van der Waals surface area contributed by atoms with Crippen LogP contribution in [0.1, 0.15) is 30.5 Å². The van der Waals surface area contributed by atoms with Crippen molar-refractivity contribution in [3.63, 3.8) is 0 Å². The van der Waals surface area contributed by atoms with Gasteiger partial charge in [0.25, 0.3) is 0 Å². The van der Waals surface area contributed by atoms with Gasteiger partial charge in [-0.2, -0.15) is 13.2 Å². The number of H-pyrrole nitrogens is 2. The molecule has 0 atom stereocenters. The number of para-hydroxylation sites is 1. The number of nitrogens with zero attached hydrogens (tertiary/aromatic N) is 1. The van der Waals surface area contributed by atoms with E-state index in [1.165, 1.54) is 6.07 Å². The summed E-state index contributed by atoms with van der Waals surface area (Å²) in [6, 6.07) is 7.22. The molecule has 0 aliphatic heterocycles. The maximum Gasteiger partial charge on any atom is 0.433 e. The first-order chi connectivity index (χ1) is 14.3. The predicted molar refractivity (Wildman–Crippen MR) is 103 cm³/mol. The highest BCUT2D eigenvalue weighted by Crippen LogP contribution is 2.33. The van der Waals surface area contributed by atoms with Gasteiger partial charge >= 0.3 is 11.9 Å². The minimum atomic E-state index is -4.57. The van der Waals surface area contributed by atoms with E-state index in [2.05, 4.69) is 20.3 Å². The van der Waals surface area contributed by atoms with Crippen molar-refractivity contribution in [3.05, 3.63) is 52.1 Å². The van der Waals surface area contributed by atoms with Gasteiger partial charge in [-0.1, -0.05) is 12.1 Å². The number of alkyl halides is 3. The molecule has 0 bridgehead atoms. The summed E-state index contributed by atoms with van der Waals surface area (Å²) in [6.45, 7) is 0.316. The van der Waals surface area contributed by atoms with Crippen LogP contribution >= 0.6 is 0 Å². The molecule has 1 aliphatic carbocycles. The number of aromatic nitrogens is 3. The van der Waals surface area contributed by atoms with Crippen molar-refractivity contribution in [1.29, 1.82) is 0 Å². The monoisotopic (exact) mass is 420 g/mol. The SMILES string of the molecule is O=C(CCc1ccc(C(F)(F)F)nc1OCC1CC1)Nc1cccc2[nH]c(=O)[nH]c12. The third kappa shape index (κ3) is 4.64. The second-order valence-electron chi connectivity index (χ2n) is 7.27. The molecular weight excluding hydrogens is 401 g/mol. The molecule has 1 amide bonds. The van der Waals surface area contributed by atoms with Crippen molar-refractivity contribution in [2.45, 2.75) is 31.9 Å². The fraction of sp³-hybridized carbons (Fsp3) is 0.350. The van der Waals surface area contributed by atoms with Gasteiger partial charge in [0, 0.05) is 12.0 Å². The van der Waals surface area contributed by atoms with E-state index in [0.717, 1.165) is 18.9 Å². The molecule has 0 unspecified atom stereocenters. The molecule has 0 spiro atoms. The minimum Gasteiger partial charge on any atom is -0.477 e. The van der Waals surface area contributed by atoms with Gasteiger partial charge in [0.05, 0.1) is 23.3 Å². The highest BCUT2D eigenvalue weighted by molar-refractivity contribution is 5.99. The molecular formula is C20H19F3N4O3. The smallest absolute Gasteiger partial charge is 0.433 e. The highest BCUT2D eigenvalue weighted by Gasteiger charge is 2.33. The molecule has 2 aromatic heterocycles. The lowest BCUT2D eigenvalue weighted by molar-refractivity contribution is -0.141. The molecule has 1 fully saturated rings. The fourth-order valence-electron chi connectivity index (χ4n) is 3.05. The molecule has 7 nitrogen and oxygen atoms in total. The van der Waals surface area contributed by atoms with E-state index < -0.39 is 11.9 Å². The Morgan fingerprint density at radius 1 is 1.20 bits per heavy atom. The van der Waals surface area contributed by atoms with Gasteiger partial charge in [-0.3, -0.25) is 4.79 Å². The summed E-state index contributed by atoms with van der Waals surface area (Å²) in [4.78, 5) is 32.7. The molecule has 4 rings (SSSR count). The van der Waals surface area contributed by atoms with Gasteiger partial charge in [-0.25, -0.2) is 9.78 Å². The molecule has 0 radical (unpaired) electrons. The zero-order valence-electron chi connectivity index (χ0n) is 15.8. The summed E-state index contributed by atoms with van der Waals surface area (Å²) < 4.78 is 44.5. The highest BCUT2D eigenvalue weighted by atomic mass is 19.4. The first-order valence-electron chi connectivity index (χ1n) is 9.50. The number of fused-ring (bicyclic) bond motifs is 1. The number of nitrogens with one attached hydrogen (secondary N) is 3. The Hall–Kier alpha value is -3.30. The van der Waals surface area contributed by atoms with E-state index >= 15 is 0 Å². The van der Waals surface area contributed by atoms with E-state index in [4.69, 9.17) is 4.74 Å². The molecule has 1 aromatic carbocycles. The first kappa shape index (κ1) is 20.0. The number of anilines is 1. The molecule has 3 aromatic rings. The first-order valence-corrected chi connectivity index (χ1v) is 9.50. The number of rotatable bonds is 7. The Kier molecular flexibility index (Phi) is 5.23. The fourth-order valence-corrected chi connectivity index (χ4v) is 3.05. The largest absolute Gasteiger partial charge is 0.477 e. The summed E-state index contributed by atoms with van der Waals surface area (Å²) >= 11 is 0. The van der Waals surface area contributed by atoms with Crippen molar-refractivity contribution < 1.29 is 22.7 Å². The number of amides is 1.